The fourth-order valence-corrected chi connectivity index (χ4v) is 1.43. The highest BCUT2D eigenvalue weighted by Crippen LogP contribution is 2.20. The molecular formula is C11H7F2NO2. The number of aromatic carboxylic acids is 1. The standard InChI is InChI=1S/C11H7F2NO2/c12-7-3-4-8(14-5-1-2-6-14)10(13)9(7)11(15)16/h1-6H,(H,15,16). The molecule has 0 atom stereocenters. The molecule has 0 aliphatic heterocycles. The average Bonchev–Trinajstić information content (AvgIpc) is 2.70. The monoisotopic (exact) mass is 223 g/mol. The second kappa shape index (κ2) is 3.77. The number of carbonyl (C=O) groups is 1. The predicted octanol–water partition coefficient (Wildman–Crippen LogP) is 2.45. The molecular weight excluding hydrogens is 216 g/mol. The van der Waals surface area contributed by atoms with Crippen LogP contribution in [0.15, 0.2) is 36.7 Å². The van der Waals surface area contributed by atoms with Gasteiger partial charge in [-0.25, -0.2) is 13.6 Å². The molecule has 0 aliphatic rings. The van der Waals surface area contributed by atoms with Crippen LogP contribution in [0.5, 0.6) is 0 Å². The van der Waals surface area contributed by atoms with Gasteiger partial charge in [0.05, 0.1) is 5.69 Å². The highest BCUT2D eigenvalue weighted by molar-refractivity contribution is 5.89. The first-order valence-electron chi connectivity index (χ1n) is 4.46. The molecule has 82 valence electrons. The quantitative estimate of drug-likeness (QED) is 0.849. The van der Waals surface area contributed by atoms with Crippen LogP contribution in [0, 0.1) is 11.6 Å². The molecule has 0 aliphatic carbocycles. The number of carboxylic acid groups (broad SMARTS) is 1. The van der Waals surface area contributed by atoms with Crippen LogP contribution in [0.25, 0.3) is 5.69 Å². The van der Waals surface area contributed by atoms with Gasteiger partial charge in [0, 0.05) is 12.4 Å². The summed E-state index contributed by atoms with van der Waals surface area (Å²) in [4.78, 5) is 10.7. The second-order valence-electron chi connectivity index (χ2n) is 3.15. The molecule has 0 radical (unpaired) electrons. The lowest BCUT2D eigenvalue weighted by atomic mass is 10.1. The molecule has 0 amide bonds. The zero-order chi connectivity index (χ0) is 11.7. The van der Waals surface area contributed by atoms with Crippen molar-refractivity contribution in [3.8, 4) is 5.69 Å². The van der Waals surface area contributed by atoms with Gasteiger partial charge in [-0.2, -0.15) is 0 Å². The first kappa shape index (κ1) is 10.4. The van der Waals surface area contributed by atoms with Gasteiger partial charge in [0.15, 0.2) is 5.82 Å². The first-order valence-corrected chi connectivity index (χ1v) is 4.46. The zero-order valence-corrected chi connectivity index (χ0v) is 8.02. The Kier molecular flexibility index (Phi) is 2.44. The maximum atomic E-state index is 13.7. The minimum Gasteiger partial charge on any atom is -0.477 e. The van der Waals surface area contributed by atoms with Gasteiger partial charge < -0.3 is 9.67 Å². The van der Waals surface area contributed by atoms with E-state index in [9.17, 15) is 13.6 Å². The molecule has 5 heteroatoms. The summed E-state index contributed by atoms with van der Waals surface area (Å²) in [6, 6.07) is 5.44. The minimum atomic E-state index is -1.62. The van der Waals surface area contributed by atoms with Crippen molar-refractivity contribution in [3.63, 3.8) is 0 Å². The summed E-state index contributed by atoms with van der Waals surface area (Å²) in [6.45, 7) is 0. The first-order chi connectivity index (χ1) is 7.61. The third-order valence-electron chi connectivity index (χ3n) is 2.17. The molecule has 2 rings (SSSR count). The van der Waals surface area contributed by atoms with Crippen molar-refractivity contribution >= 4 is 5.97 Å². The van der Waals surface area contributed by atoms with Gasteiger partial charge in [0.2, 0.25) is 0 Å². The number of nitrogens with zero attached hydrogens (tertiary/aromatic N) is 1. The molecule has 16 heavy (non-hydrogen) atoms. The Morgan fingerprint density at radius 2 is 1.81 bits per heavy atom. The molecule has 1 aromatic carbocycles. The minimum absolute atomic E-state index is 0.00352. The number of hydrogen-bond donors (Lipinski definition) is 1. The fourth-order valence-electron chi connectivity index (χ4n) is 1.43. The molecule has 2 aromatic rings. The molecule has 0 spiro atoms. The lowest BCUT2D eigenvalue weighted by molar-refractivity contribution is 0.0686. The van der Waals surface area contributed by atoms with Crippen LogP contribution in [0.4, 0.5) is 8.78 Å². The third kappa shape index (κ3) is 1.56. The number of halogens is 2. The molecule has 0 fully saturated rings. The molecule has 0 saturated carbocycles. The Bertz CT molecular complexity index is 535. The van der Waals surface area contributed by atoms with E-state index in [1.165, 1.54) is 10.6 Å². The van der Waals surface area contributed by atoms with Gasteiger partial charge in [-0.15, -0.1) is 0 Å². The van der Waals surface area contributed by atoms with Crippen molar-refractivity contribution in [3.05, 3.63) is 53.9 Å². The molecule has 1 heterocycles. The summed E-state index contributed by atoms with van der Waals surface area (Å²) in [6.07, 6.45) is 3.09. The maximum absolute atomic E-state index is 13.7. The van der Waals surface area contributed by atoms with Gasteiger partial charge in [-0.1, -0.05) is 0 Å². The van der Waals surface area contributed by atoms with Crippen molar-refractivity contribution in [1.82, 2.24) is 4.57 Å². The lowest BCUT2D eigenvalue weighted by Gasteiger charge is -2.07. The molecule has 0 unspecified atom stereocenters. The van der Waals surface area contributed by atoms with E-state index in [2.05, 4.69) is 0 Å². The van der Waals surface area contributed by atoms with Crippen LogP contribution in [0.2, 0.25) is 0 Å². The summed E-state index contributed by atoms with van der Waals surface area (Å²) < 4.78 is 28.2. The van der Waals surface area contributed by atoms with E-state index in [4.69, 9.17) is 5.11 Å². The topological polar surface area (TPSA) is 42.2 Å². The Balaban J connectivity index is 2.66. The Morgan fingerprint density at radius 3 is 2.38 bits per heavy atom. The summed E-state index contributed by atoms with van der Waals surface area (Å²) in [7, 11) is 0. The van der Waals surface area contributed by atoms with Crippen LogP contribution in [0.3, 0.4) is 0 Å². The summed E-state index contributed by atoms with van der Waals surface area (Å²) in [5.74, 6) is -3.78. The van der Waals surface area contributed by atoms with Crippen molar-refractivity contribution in [2.45, 2.75) is 0 Å². The van der Waals surface area contributed by atoms with Crippen LogP contribution >= 0.6 is 0 Å². The number of hydrogen-bond acceptors (Lipinski definition) is 1. The van der Waals surface area contributed by atoms with Crippen molar-refractivity contribution < 1.29 is 18.7 Å². The van der Waals surface area contributed by atoms with Crippen LogP contribution in [0.1, 0.15) is 10.4 Å². The summed E-state index contributed by atoms with van der Waals surface area (Å²) in [5.41, 5.74) is -0.935. The second-order valence-corrected chi connectivity index (χ2v) is 3.15. The van der Waals surface area contributed by atoms with Gasteiger partial charge in [-0.05, 0) is 24.3 Å². The fraction of sp³-hybridized carbons (Fsp3) is 0. The van der Waals surface area contributed by atoms with Crippen LogP contribution in [-0.4, -0.2) is 15.6 Å². The highest BCUT2D eigenvalue weighted by atomic mass is 19.1. The normalized spacial score (nSPS) is 10.4. The molecule has 0 saturated heterocycles. The lowest BCUT2D eigenvalue weighted by Crippen LogP contribution is -2.08. The summed E-state index contributed by atoms with van der Waals surface area (Å²) in [5, 5.41) is 8.68. The van der Waals surface area contributed by atoms with Crippen molar-refractivity contribution in [2.24, 2.45) is 0 Å². The van der Waals surface area contributed by atoms with E-state index >= 15 is 0 Å². The Labute approximate surface area is 89.6 Å². The van der Waals surface area contributed by atoms with Gasteiger partial charge in [-0.3, -0.25) is 0 Å². The van der Waals surface area contributed by atoms with Crippen LogP contribution in [-0.2, 0) is 0 Å². The van der Waals surface area contributed by atoms with E-state index in [0.717, 1.165) is 6.07 Å². The number of benzene rings is 1. The van der Waals surface area contributed by atoms with Gasteiger partial charge in [0.1, 0.15) is 11.4 Å². The smallest absolute Gasteiger partial charge is 0.341 e. The third-order valence-corrected chi connectivity index (χ3v) is 2.17. The van der Waals surface area contributed by atoms with Crippen LogP contribution < -0.4 is 0 Å². The summed E-state index contributed by atoms with van der Waals surface area (Å²) >= 11 is 0. The molecule has 0 bridgehead atoms. The van der Waals surface area contributed by atoms with Gasteiger partial charge >= 0.3 is 5.97 Å². The highest BCUT2D eigenvalue weighted by Gasteiger charge is 2.20. The van der Waals surface area contributed by atoms with E-state index in [1.54, 1.807) is 24.5 Å². The largest absolute Gasteiger partial charge is 0.477 e. The van der Waals surface area contributed by atoms with Crippen molar-refractivity contribution in [2.75, 3.05) is 0 Å². The van der Waals surface area contributed by atoms with Gasteiger partial charge in [0.25, 0.3) is 0 Å². The zero-order valence-electron chi connectivity index (χ0n) is 8.02. The molecule has 3 nitrogen and oxygen atoms in total. The predicted molar refractivity (Wildman–Crippen MR) is 52.6 cm³/mol. The van der Waals surface area contributed by atoms with E-state index in [1.807, 2.05) is 0 Å². The number of rotatable bonds is 2. The molecule has 1 N–H and O–H groups in total. The van der Waals surface area contributed by atoms with E-state index < -0.39 is 23.2 Å². The number of carboxylic acids is 1. The van der Waals surface area contributed by atoms with Crippen molar-refractivity contribution in [1.29, 1.82) is 0 Å². The Morgan fingerprint density at radius 1 is 1.19 bits per heavy atom. The average molecular weight is 223 g/mol. The number of aromatic nitrogens is 1. The van der Waals surface area contributed by atoms with E-state index in [0.29, 0.717) is 0 Å². The van der Waals surface area contributed by atoms with E-state index in [-0.39, 0.29) is 5.69 Å². The maximum Gasteiger partial charge on any atom is 0.341 e. The SMILES string of the molecule is O=C(O)c1c(F)ccc(-n2cccc2)c1F. The Hall–Kier alpha value is -2.17. The molecule has 1 aromatic heterocycles.